The Kier molecular flexibility index (Phi) is 39.9. The fourth-order valence-electron chi connectivity index (χ4n) is 5.92. The summed E-state index contributed by atoms with van der Waals surface area (Å²) in [4.78, 5) is 58.5. The van der Waals surface area contributed by atoms with Crippen molar-refractivity contribution in [1.29, 1.82) is 0 Å². The van der Waals surface area contributed by atoms with E-state index in [0.717, 1.165) is 50.4 Å². The number of nitrogens with one attached hydrogen (secondary N) is 1. The Bertz CT molecular complexity index is 1670. The number of aliphatic hydroxyl groups excluding tert-OH is 2. The standard InChI is InChI=1S/C26H41NO9P.C7H14O6P.C7H6O.CO2.CH4.2U/c1-20(28)10-8-6-5-7-9-17-27-26(29)34-18-21-11-14-23(15-12-21)35-37(30,33-4)36-25-22(19-31-2)13-16-24(25)32-3;1-12-14(10,11)13-7-5(4-8)2-3-6(7)9;1-6-2-4-7(8)5-3-6;2-1-3;;;/h11-12,14-16,22,24-25H,5-10,13,17-19H2,1-4H3,(H,27,29);3,5-9H,2,4H2,1H3,(H,10,11);2-5H,1H2;;1H4;;/q2*-1;;;;;/t22-,24-,25?,37?;5-,6-,7?;;;;;/m11...../s1. The summed E-state index contributed by atoms with van der Waals surface area (Å²) in [6.07, 6.45) is 13.6. The van der Waals surface area contributed by atoms with Crippen LogP contribution in [0.15, 0.2) is 60.7 Å². The molecule has 0 spiro atoms. The number of alkyl carbamates (subject to hydrolysis) is 1. The Morgan fingerprint density at radius 1 is 0.877 bits per heavy atom. The van der Waals surface area contributed by atoms with Gasteiger partial charge in [-0.3, -0.25) is 35.7 Å². The smallest absolute Gasteiger partial charge is 0.445 e. The van der Waals surface area contributed by atoms with Crippen LogP contribution in [-0.4, -0.2) is 112 Å². The van der Waals surface area contributed by atoms with Gasteiger partial charge in [-0.2, -0.15) is 22.4 Å². The number of rotatable bonds is 22. The number of aliphatic hydroxyl groups is 2. The Balaban J connectivity index is -0.00000112. The first kappa shape index (κ1) is 67.7. The van der Waals surface area contributed by atoms with Gasteiger partial charge < -0.3 is 44.0 Å². The predicted octanol–water partition coefficient (Wildman–Crippen LogP) is 6.23. The molecule has 4 N–H and O–H groups in total. The van der Waals surface area contributed by atoms with E-state index in [2.05, 4.69) is 16.4 Å². The second-order valence-electron chi connectivity index (χ2n) is 13.9. The number of phosphoric acid groups is 2. The Morgan fingerprint density at radius 2 is 1.46 bits per heavy atom. The van der Waals surface area contributed by atoms with Gasteiger partial charge in [-0.1, -0.05) is 57.6 Å². The van der Waals surface area contributed by atoms with Gasteiger partial charge in [-0.15, -0.1) is 0 Å². The van der Waals surface area contributed by atoms with Crippen LogP contribution in [0, 0.1) is 86.9 Å². The van der Waals surface area contributed by atoms with E-state index >= 15 is 0 Å². The molecule has 1 amide bonds. The van der Waals surface area contributed by atoms with E-state index in [1.807, 2.05) is 6.42 Å². The number of ketones is 2. The Morgan fingerprint density at radius 3 is 1.98 bits per heavy atom. The number of amides is 1. The van der Waals surface area contributed by atoms with Crippen LogP contribution in [0.4, 0.5) is 4.79 Å². The van der Waals surface area contributed by atoms with Crippen LogP contribution >= 0.6 is 15.6 Å². The van der Waals surface area contributed by atoms with E-state index in [1.54, 1.807) is 57.6 Å². The minimum atomic E-state index is -4.10. The van der Waals surface area contributed by atoms with Crippen molar-refractivity contribution >= 4 is 39.5 Å². The number of Topliss-reactive ketones (excluding diaryl/α,β-unsaturated/α-hetero) is 1. The van der Waals surface area contributed by atoms with Crippen molar-refractivity contribution in [1.82, 2.24) is 5.32 Å². The summed E-state index contributed by atoms with van der Waals surface area (Å²) < 4.78 is 65.6. The van der Waals surface area contributed by atoms with E-state index in [0.29, 0.717) is 38.2 Å². The maximum Gasteiger partial charge on any atom is 0.530 e. The minimum absolute atomic E-state index is 0. The van der Waals surface area contributed by atoms with E-state index in [4.69, 9.17) is 51.9 Å². The van der Waals surface area contributed by atoms with Crippen LogP contribution in [0.3, 0.4) is 0 Å². The number of carbonyl (C=O) groups is 3. The molecule has 4 rings (SSSR count). The molecule has 2 saturated carbocycles. The van der Waals surface area contributed by atoms with E-state index in [-0.39, 0.29) is 119 Å². The van der Waals surface area contributed by atoms with Crippen molar-refractivity contribution in [2.45, 2.75) is 96.7 Å². The van der Waals surface area contributed by atoms with Crippen LogP contribution in [0.1, 0.15) is 71.3 Å². The van der Waals surface area contributed by atoms with E-state index < -0.39 is 40.1 Å². The molecule has 0 bridgehead atoms. The summed E-state index contributed by atoms with van der Waals surface area (Å²) >= 11 is 0. The summed E-state index contributed by atoms with van der Waals surface area (Å²) in [6, 6.07) is 6.63. The fourth-order valence-corrected chi connectivity index (χ4v) is 7.78. The molecule has 2 fully saturated rings. The van der Waals surface area contributed by atoms with Crippen LogP contribution in [0.25, 0.3) is 0 Å². The Hall–Kier alpha value is -1.57. The summed E-state index contributed by atoms with van der Waals surface area (Å²) in [6.45, 7) is 6.08. The van der Waals surface area contributed by atoms with Gasteiger partial charge in [0.15, 0.2) is 5.78 Å². The van der Waals surface area contributed by atoms with Gasteiger partial charge in [-0.25, -0.2) is 13.9 Å². The Labute approximate surface area is 430 Å². The van der Waals surface area contributed by atoms with Crippen molar-refractivity contribution in [3.8, 4) is 5.75 Å². The maximum atomic E-state index is 13.2. The molecule has 3 aliphatic rings. The number of unbranched alkanes of at least 4 members (excludes halogenated alkanes) is 4. The van der Waals surface area contributed by atoms with Crippen LogP contribution in [-0.2, 0) is 67.2 Å². The average molecular weight is 1410 g/mol. The molecule has 19 nitrogen and oxygen atoms in total. The predicted molar refractivity (Wildman–Crippen MR) is 230 cm³/mol. The second kappa shape index (κ2) is 38.3. The molecule has 3 aliphatic carbocycles. The monoisotopic (exact) mass is 1410 g/mol. The number of phosphoric ester groups is 2. The third kappa shape index (κ3) is 29.2. The number of benzene rings is 1. The number of methoxy groups -OCH3 is 2. The zero-order valence-corrected chi connectivity index (χ0v) is 46.9. The maximum absolute atomic E-state index is 13.2. The molecule has 8 atom stereocenters. The molecule has 0 heterocycles. The molecular formula is C42H65NO18P2U2-2. The number of carbonyl (C=O) groups excluding carboxylic acids is 5. The van der Waals surface area contributed by atoms with Crippen molar-refractivity contribution in [2.75, 3.05) is 48.2 Å². The molecule has 0 saturated heterocycles. The van der Waals surface area contributed by atoms with Gasteiger partial charge in [0.2, 0.25) is 0 Å². The molecule has 0 aromatic heterocycles. The first-order valence-corrected chi connectivity index (χ1v) is 22.6. The van der Waals surface area contributed by atoms with Gasteiger partial charge in [0.25, 0.3) is 0 Å². The fraction of sp³-hybridized carbons (Fsp3) is 0.571. The second-order valence-corrected chi connectivity index (χ2v) is 17.1. The first-order chi connectivity index (χ1) is 29.5. The molecule has 4 unspecified atom stereocenters. The molecule has 0 aliphatic heterocycles. The molecule has 65 heavy (non-hydrogen) atoms. The summed E-state index contributed by atoms with van der Waals surface area (Å²) in [7, 11) is -2.56. The zero-order valence-electron chi connectivity index (χ0n) is 36.8. The van der Waals surface area contributed by atoms with Crippen LogP contribution in [0.5, 0.6) is 5.75 Å². The van der Waals surface area contributed by atoms with E-state index in [9.17, 15) is 28.6 Å². The van der Waals surface area contributed by atoms with Gasteiger partial charge in [0.05, 0.1) is 12.2 Å². The normalized spacial score (nSPS) is 22.1. The largest absolute Gasteiger partial charge is 0.530 e. The molecular weight excluding hydrogens is 1340 g/mol. The summed E-state index contributed by atoms with van der Waals surface area (Å²) in [5.41, 5.74) is 1.62. The van der Waals surface area contributed by atoms with Crippen molar-refractivity contribution in [2.24, 2.45) is 11.8 Å². The molecule has 23 heteroatoms. The SMILES string of the molecule is C.C=C1C=CC(=O)C=C1.COC[C@H]1C[CH-][C@@H](OC)C1OP(=O)(OC)Oc1ccc(COC(=O)NCCCCCCCC(C)=O)cc1.COP(=O)(O)OC1[C@@H](CO)C[CH-][C@H]1O.O=C=O.[U].[U]. The number of allylic oxidation sites excluding steroid dienone is 5. The zero-order chi connectivity index (χ0) is 46.6. The first-order valence-electron chi connectivity index (χ1n) is 19.7. The number of ether oxygens (including phenoxy) is 3. The molecule has 1 aromatic carbocycles. The van der Waals surface area contributed by atoms with Gasteiger partial charge >= 0.3 is 27.9 Å². The number of hydrogen-bond acceptors (Lipinski definition) is 17. The van der Waals surface area contributed by atoms with Crippen LogP contribution < -0.4 is 9.84 Å². The van der Waals surface area contributed by atoms with Gasteiger partial charge in [-0.05, 0) is 79.2 Å². The molecule has 0 radical (unpaired) electrons. The quantitative estimate of drug-likeness (QED) is 0.0569. The topological polar surface area (TPSA) is 266 Å². The number of hydrogen-bond donors (Lipinski definition) is 4. The minimum Gasteiger partial charge on any atom is -0.445 e. The van der Waals surface area contributed by atoms with Crippen molar-refractivity contribution in [3.63, 3.8) is 0 Å². The molecule has 366 valence electrons. The third-order valence-corrected chi connectivity index (χ3v) is 11.6. The van der Waals surface area contributed by atoms with Crippen molar-refractivity contribution < 1.29 is 147 Å². The third-order valence-electron chi connectivity index (χ3n) is 9.20. The molecule has 1 aromatic rings. The average Bonchev–Trinajstić information content (AvgIpc) is 3.80. The van der Waals surface area contributed by atoms with E-state index in [1.165, 1.54) is 25.7 Å². The van der Waals surface area contributed by atoms with Crippen molar-refractivity contribution in [3.05, 3.63) is 79.1 Å². The summed E-state index contributed by atoms with van der Waals surface area (Å²) in [5.74, 6) is 0.162. The van der Waals surface area contributed by atoms with Crippen LogP contribution in [0.2, 0.25) is 0 Å². The van der Waals surface area contributed by atoms with Gasteiger partial charge in [0.1, 0.15) is 18.1 Å². The summed E-state index contributed by atoms with van der Waals surface area (Å²) in [5, 5.41) is 21.0. The van der Waals surface area contributed by atoms with Gasteiger partial charge in [0, 0.05) is 117 Å².